The van der Waals surface area contributed by atoms with Crippen LogP contribution in [0.2, 0.25) is 0 Å². The van der Waals surface area contributed by atoms with Crippen molar-refractivity contribution in [3.63, 3.8) is 0 Å². The summed E-state index contributed by atoms with van der Waals surface area (Å²) in [4.78, 5) is 4.52. The van der Waals surface area contributed by atoms with Gasteiger partial charge in [-0.1, -0.05) is 27.7 Å². The quantitative estimate of drug-likeness (QED) is 0.795. The Bertz CT molecular complexity index is 411. The second-order valence-corrected chi connectivity index (χ2v) is 7.74. The molecule has 0 aliphatic rings. The number of nitrogens with zero attached hydrogens (tertiary/aromatic N) is 3. The molecule has 1 aromatic rings. The normalized spacial score (nSPS) is 13.1. The van der Waals surface area contributed by atoms with E-state index in [0.29, 0.717) is 5.92 Å². The average Bonchev–Trinajstić information content (AvgIpc) is 2.80. The molecule has 1 aromatic heterocycles. The van der Waals surface area contributed by atoms with Crippen LogP contribution in [0.1, 0.15) is 67.1 Å². The molecule has 0 aromatic carbocycles. The fourth-order valence-corrected chi connectivity index (χ4v) is 2.52. The molecule has 4 nitrogen and oxygen atoms in total. The van der Waals surface area contributed by atoms with E-state index in [9.17, 15) is 0 Å². The summed E-state index contributed by atoms with van der Waals surface area (Å²) < 4.78 is 2.09. The summed E-state index contributed by atoms with van der Waals surface area (Å²) in [6, 6.07) is 0. The highest BCUT2D eigenvalue weighted by Crippen LogP contribution is 2.30. The molecule has 4 heteroatoms. The molecule has 0 radical (unpaired) electrons. The molecule has 0 aliphatic heterocycles. The zero-order valence-electron chi connectivity index (χ0n) is 15.0. The lowest BCUT2D eigenvalue weighted by Crippen LogP contribution is -2.44. The first-order chi connectivity index (χ1) is 9.71. The Labute approximate surface area is 130 Å². The third-order valence-electron chi connectivity index (χ3n) is 4.26. The van der Waals surface area contributed by atoms with Crippen LogP contribution in [0.25, 0.3) is 0 Å². The van der Waals surface area contributed by atoms with E-state index in [1.807, 2.05) is 0 Å². The van der Waals surface area contributed by atoms with E-state index in [0.717, 1.165) is 38.2 Å². The van der Waals surface area contributed by atoms with Crippen LogP contribution >= 0.6 is 0 Å². The van der Waals surface area contributed by atoms with Crippen LogP contribution in [0, 0.1) is 11.3 Å². The molecule has 122 valence electrons. The van der Waals surface area contributed by atoms with Gasteiger partial charge in [-0.2, -0.15) is 5.10 Å². The van der Waals surface area contributed by atoms with Crippen LogP contribution in [0.4, 0.5) is 0 Å². The highest BCUT2D eigenvalue weighted by Gasteiger charge is 2.30. The number of aromatic nitrogens is 3. The molecule has 0 saturated carbocycles. The average molecular weight is 294 g/mol. The van der Waals surface area contributed by atoms with Crippen molar-refractivity contribution in [2.45, 2.75) is 79.8 Å². The highest BCUT2D eigenvalue weighted by atomic mass is 15.3. The lowest BCUT2D eigenvalue weighted by atomic mass is 9.78. The number of hydrogen-bond donors (Lipinski definition) is 1. The van der Waals surface area contributed by atoms with Gasteiger partial charge in [-0.05, 0) is 44.9 Å². The molecular formula is C17H34N4. The minimum atomic E-state index is 0.154. The van der Waals surface area contributed by atoms with Crippen molar-refractivity contribution in [1.29, 1.82) is 0 Å². The summed E-state index contributed by atoms with van der Waals surface area (Å²) >= 11 is 0. The molecule has 1 heterocycles. The Morgan fingerprint density at radius 3 is 2.29 bits per heavy atom. The van der Waals surface area contributed by atoms with Crippen molar-refractivity contribution >= 4 is 0 Å². The summed E-state index contributed by atoms with van der Waals surface area (Å²) in [5, 5.41) is 8.08. The summed E-state index contributed by atoms with van der Waals surface area (Å²) in [6.45, 7) is 17.7. The maximum absolute atomic E-state index is 4.52. The van der Waals surface area contributed by atoms with Crippen LogP contribution in [-0.4, -0.2) is 26.8 Å². The van der Waals surface area contributed by atoms with Crippen molar-refractivity contribution in [3.05, 3.63) is 12.2 Å². The van der Waals surface area contributed by atoms with E-state index in [1.54, 1.807) is 6.33 Å². The summed E-state index contributed by atoms with van der Waals surface area (Å²) in [6.07, 6.45) is 5.00. The van der Waals surface area contributed by atoms with E-state index in [1.165, 1.54) is 0 Å². The molecule has 21 heavy (non-hydrogen) atoms. The maximum Gasteiger partial charge on any atom is 0.138 e. The van der Waals surface area contributed by atoms with Gasteiger partial charge in [0.05, 0.1) is 0 Å². The Morgan fingerprint density at radius 2 is 1.81 bits per heavy atom. The first-order valence-electron chi connectivity index (χ1n) is 8.33. The third-order valence-corrected chi connectivity index (χ3v) is 4.26. The molecule has 0 spiro atoms. The van der Waals surface area contributed by atoms with Crippen LogP contribution in [0.15, 0.2) is 6.33 Å². The standard InChI is InChI=1S/C17H34N4/c1-8-17(9-2,12-19-16(5,6)7)10-15-18-13-20-21(15)11-14(3)4/h13-14,19H,8-12H2,1-7H3. The molecule has 0 unspecified atom stereocenters. The van der Waals surface area contributed by atoms with Crippen molar-refractivity contribution in [1.82, 2.24) is 20.1 Å². The van der Waals surface area contributed by atoms with Gasteiger partial charge in [0.25, 0.3) is 0 Å². The van der Waals surface area contributed by atoms with Gasteiger partial charge in [-0.3, -0.25) is 0 Å². The Balaban J connectivity index is 2.85. The van der Waals surface area contributed by atoms with Gasteiger partial charge in [-0.25, -0.2) is 9.67 Å². The first kappa shape index (κ1) is 18.1. The second kappa shape index (κ2) is 7.39. The van der Waals surface area contributed by atoms with Crippen LogP contribution in [0.3, 0.4) is 0 Å². The van der Waals surface area contributed by atoms with Gasteiger partial charge >= 0.3 is 0 Å². The molecule has 0 atom stereocenters. The van der Waals surface area contributed by atoms with E-state index in [-0.39, 0.29) is 11.0 Å². The summed E-state index contributed by atoms with van der Waals surface area (Å²) in [5.41, 5.74) is 0.413. The Kier molecular flexibility index (Phi) is 6.39. The molecule has 0 amide bonds. The van der Waals surface area contributed by atoms with Gasteiger partial charge in [0.1, 0.15) is 12.2 Å². The SMILES string of the molecule is CCC(CC)(CNC(C)(C)C)Cc1ncnn1CC(C)C. The van der Waals surface area contributed by atoms with Crippen LogP contribution in [0.5, 0.6) is 0 Å². The molecule has 0 saturated heterocycles. The predicted molar refractivity (Wildman–Crippen MR) is 89.3 cm³/mol. The Hall–Kier alpha value is -0.900. The van der Waals surface area contributed by atoms with E-state index < -0.39 is 0 Å². The van der Waals surface area contributed by atoms with E-state index >= 15 is 0 Å². The van der Waals surface area contributed by atoms with E-state index in [4.69, 9.17) is 0 Å². The van der Waals surface area contributed by atoms with E-state index in [2.05, 4.69) is 68.5 Å². The van der Waals surface area contributed by atoms with Crippen molar-refractivity contribution in [3.8, 4) is 0 Å². The predicted octanol–water partition coefficient (Wildman–Crippen LogP) is 3.67. The minimum Gasteiger partial charge on any atom is -0.312 e. The molecule has 1 N–H and O–H groups in total. The molecule has 0 aliphatic carbocycles. The smallest absolute Gasteiger partial charge is 0.138 e. The van der Waals surface area contributed by atoms with Gasteiger partial charge in [0.15, 0.2) is 0 Å². The second-order valence-electron chi connectivity index (χ2n) is 7.74. The largest absolute Gasteiger partial charge is 0.312 e. The lowest BCUT2D eigenvalue weighted by molar-refractivity contribution is 0.212. The summed E-state index contributed by atoms with van der Waals surface area (Å²) in [7, 11) is 0. The molecular weight excluding hydrogens is 260 g/mol. The van der Waals surface area contributed by atoms with Crippen LogP contribution < -0.4 is 5.32 Å². The monoisotopic (exact) mass is 294 g/mol. The van der Waals surface area contributed by atoms with Gasteiger partial charge in [0, 0.05) is 25.0 Å². The van der Waals surface area contributed by atoms with Crippen molar-refractivity contribution in [2.24, 2.45) is 11.3 Å². The summed E-state index contributed by atoms with van der Waals surface area (Å²) in [5.74, 6) is 1.72. The lowest BCUT2D eigenvalue weighted by Gasteiger charge is -2.35. The van der Waals surface area contributed by atoms with Crippen LogP contribution in [-0.2, 0) is 13.0 Å². The van der Waals surface area contributed by atoms with Gasteiger partial charge in [0.2, 0.25) is 0 Å². The van der Waals surface area contributed by atoms with Crippen molar-refractivity contribution < 1.29 is 0 Å². The fourth-order valence-electron chi connectivity index (χ4n) is 2.52. The number of hydrogen-bond acceptors (Lipinski definition) is 3. The zero-order valence-corrected chi connectivity index (χ0v) is 15.0. The molecule has 0 fully saturated rings. The van der Waals surface area contributed by atoms with Gasteiger partial charge in [-0.15, -0.1) is 0 Å². The number of rotatable bonds is 8. The number of nitrogens with one attached hydrogen (secondary N) is 1. The van der Waals surface area contributed by atoms with Crippen molar-refractivity contribution in [2.75, 3.05) is 6.54 Å². The maximum atomic E-state index is 4.52. The zero-order chi connectivity index (χ0) is 16.1. The topological polar surface area (TPSA) is 42.7 Å². The minimum absolute atomic E-state index is 0.154. The first-order valence-corrected chi connectivity index (χ1v) is 8.33. The highest BCUT2D eigenvalue weighted by molar-refractivity contribution is 4.95. The molecule has 1 rings (SSSR count). The molecule has 0 bridgehead atoms. The third kappa shape index (κ3) is 5.77. The van der Waals surface area contributed by atoms with Gasteiger partial charge < -0.3 is 5.32 Å². The fraction of sp³-hybridized carbons (Fsp3) is 0.882. The Morgan fingerprint density at radius 1 is 1.19 bits per heavy atom.